The lowest BCUT2D eigenvalue weighted by Crippen LogP contribution is -2.02. The van der Waals surface area contributed by atoms with Gasteiger partial charge in [0.2, 0.25) is 0 Å². The topological polar surface area (TPSA) is 54.4 Å². The molecule has 1 N–H and O–H groups in total. The van der Waals surface area contributed by atoms with Crippen molar-refractivity contribution in [3.63, 3.8) is 0 Å². The zero-order chi connectivity index (χ0) is 12.2. The van der Waals surface area contributed by atoms with Crippen LogP contribution in [0.5, 0.6) is 0 Å². The van der Waals surface area contributed by atoms with Crippen molar-refractivity contribution in [2.45, 2.75) is 39.5 Å². The average molecular weight is 230 g/mol. The first-order valence-electron chi connectivity index (χ1n) is 4.87. The van der Waals surface area contributed by atoms with Crippen LogP contribution in [0.15, 0.2) is 17.0 Å². The Hall–Kier alpha value is -0.870. The summed E-state index contributed by atoms with van der Waals surface area (Å²) in [6.45, 7) is 9.37. The lowest BCUT2D eigenvalue weighted by atomic mass is 10.1. The molecule has 0 bridgehead atoms. The molecule has 0 heterocycles. The van der Waals surface area contributed by atoms with Gasteiger partial charge < -0.3 is 0 Å². The molecular formula is C11H18O3S. The van der Waals surface area contributed by atoms with Crippen LogP contribution in [0.2, 0.25) is 0 Å². The van der Waals surface area contributed by atoms with Crippen LogP contribution in [0.3, 0.4) is 0 Å². The van der Waals surface area contributed by atoms with Crippen LogP contribution in [0, 0.1) is 20.8 Å². The summed E-state index contributed by atoms with van der Waals surface area (Å²) >= 11 is 0. The largest absolute Gasteiger partial charge is 0.294 e. The van der Waals surface area contributed by atoms with Crippen molar-refractivity contribution in [1.82, 2.24) is 0 Å². The molecule has 0 unspecified atom stereocenters. The van der Waals surface area contributed by atoms with Crippen LogP contribution in [-0.4, -0.2) is 13.0 Å². The molecular weight excluding hydrogens is 212 g/mol. The highest BCUT2D eigenvalue weighted by molar-refractivity contribution is 7.85. The van der Waals surface area contributed by atoms with Crippen molar-refractivity contribution >= 4 is 10.1 Å². The molecule has 0 amide bonds. The monoisotopic (exact) mass is 230 g/mol. The van der Waals surface area contributed by atoms with Gasteiger partial charge in [0.15, 0.2) is 0 Å². The zero-order valence-electron chi connectivity index (χ0n) is 9.83. The summed E-state index contributed by atoms with van der Waals surface area (Å²) in [6, 6.07) is 3.23. The zero-order valence-corrected chi connectivity index (χ0v) is 10.6. The van der Waals surface area contributed by atoms with E-state index in [0.717, 1.165) is 11.1 Å². The first kappa shape index (κ1) is 14.1. The summed E-state index contributed by atoms with van der Waals surface area (Å²) < 4.78 is 30.6. The molecule has 1 rings (SSSR count). The van der Waals surface area contributed by atoms with Crippen LogP contribution in [0.1, 0.15) is 30.5 Å². The van der Waals surface area contributed by atoms with Crippen LogP contribution < -0.4 is 0 Å². The smallest absolute Gasteiger partial charge is 0.282 e. The first-order chi connectivity index (χ1) is 6.82. The molecule has 0 aromatic heterocycles. The van der Waals surface area contributed by atoms with Crippen molar-refractivity contribution in [1.29, 1.82) is 0 Å². The maximum Gasteiger partial charge on any atom is 0.294 e. The van der Waals surface area contributed by atoms with E-state index >= 15 is 0 Å². The van der Waals surface area contributed by atoms with Crippen molar-refractivity contribution in [2.24, 2.45) is 0 Å². The lowest BCUT2D eigenvalue weighted by molar-refractivity contribution is 0.482. The second-order valence-electron chi connectivity index (χ2n) is 3.18. The second kappa shape index (κ2) is 5.28. The van der Waals surface area contributed by atoms with E-state index < -0.39 is 10.1 Å². The normalized spacial score (nSPS) is 10.5. The van der Waals surface area contributed by atoms with Gasteiger partial charge in [-0.1, -0.05) is 19.9 Å². The number of hydrogen-bond acceptors (Lipinski definition) is 2. The number of rotatable bonds is 1. The van der Waals surface area contributed by atoms with E-state index in [-0.39, 0.29) is 4.90 Å². The molecule has 0 aliphatic rings. The van der Waals surface area contributed by atoms with E-state index in [4.69, 9.17) is 4.55 Å². The Morgan fingerprint density at radius 2 is 1.33 bits per heavy atom. The van der Waals surface area contributed by atoms with Crippen LogP contribution in [-0.2, 0) is 10.1 Å². The van der Waals surface area contributed by atoms with E-state index in [1.807, 2.05) is 27.7 Å². The van der Waals surface area contributed by atoms with Crippen LogP contribution in [0.4, 0.5) is 0 Å². The molecule has 0 saturated carbocycles. The van der Waals surface area contributed by atoms with Crippen molar-refractivity contribution in [3.8, 4) is 0 Å². The Kier molecular flexibility index (Phi) is 4.97. The summed E-state index contributed by atoms with van der Waals surface area (Å²) in [5, 5.41) is 0. The summed E-state index contributed by atoms with van der Waals surface area (Å²) in [5.74, 6) is 0. The van der Waals surface area contributed by atoms with Crippen LogP contribution >= 0.6 is 0 Å². The van der Waals surface area contributed by atoms with E-state index in [2.05, 4.69) is 0 Å². The number of hydrogen-bond donors (Lipinski definition) is 1. The van der Waals surface area contributed by atoms with E-state index in [9.17, 15) is 8.42 Å². The van der Waals surface area contributed by atoms with Gasteiger partial charge in [-0.25, -0.2) is 0 Å². The van der Waals surface area contributed by atoms with Gasteiger partial charge in [-0.15, -0.1) is 0 Å². The maximum atomic E-state index is 10.9. The fraction of sp³-hybridized carbons (Fsp3) is 0.455. The number of aryl methyl sites for hydroxylation is 3. The lowest BCUT2D eigenvalue weighted by Gasteiger charge is -2.06. The molecule has 0 aliphatic carbocycles. The minimum atomic E-state index is -4.07. The van der Waals surface area contributed by atoms with Gasteiger partial charge in [0, 0.05) is 0 Å². The molecule has 1 aromatic rings. The summed E-state index contributed by atoms with van der Waals surface area (Å²) in [5.41, 5.74) is 2.45. The Balaban J connectivity index is 0.000000921. The van der Waals surface area contributed by atoms with Gasteiger partial charge >= 0.3 is 0 Å². The highest BCUT2D eigenvalue weighted by Gasteiger charge is 2.13. The SMILES string of the molecule is CC.Cc1cc(C)c(S(=O)(=O)O)cc1C. The predicted molar refractivity (Wildman–Crippen MR) is 61.8 cm³/mol. The van der Waals surface area contributed by atoms with Gasteiger partial charge in [-0.2, -0.15) is 8.42 Å². The Morgan fingerprint density at radius 3 is 1.73 bits per heavy atom. The summed E-state index contributed by atoms with van der Waals surface area (Å²) in [4.78, 5) is -0.00407. The standard InChI is InChI=1S/C9H12O3S.C2H6/c1-6-4-8(3)9(5-7(6)2)13(10,11)12;1-2/h4-5H,1-3H3,(H,10,11,12);1-2H3. The molecule has 0 saturated heterocycles. The molecule has 86 valence electrons. The molecule has 0 fully saturated rings. The quantitative estimate of drug-likeness (QED) is 0.755. The van der Waals surface area contributed by atoms with Crippen molar-refractivity contribution < 1.29 is 13.0 Å². The van der Waals surface area contributed by atoms with E-state index in [1.165, 1.54) is 6.07 Å². The minimum absolute atomic E-state index is 0.00407. The van der Waals surface area contributed by atoms with Crippen molar-refractivity contribution in [2.75, 3.05) is 0 Å². The molecule has 0 spiro atoms. The van der Waals surface area contributed by atoms with Gasteiger partial charge in [0.1, 0.15) is 0 Å². The second-order valence-corrected chi connectivity index (χ2v) is 4.57. The molecule has 4 heteroatoms. The highest BCUT2D eigenvalue weighted by atomic mass is 32.2. The third-order valence-corrected chi connectivity index (χ3v) is 3.06. The van der Waals surface area contributed by atoms with Crippen molar-refractivity contribution in [3.05, 3.63) is 28.8 Å². The molecule has 0 aliphatic heterocycles. The maximum absolute atomic E-state index is 10.9. The Labute approximate surface area is 91.9 Å². The van der Waals surface area contributed by atoms with Gasteiger partial charge in [0.05, 0.1) is 4.90 Å². The molecule has 15 heavy (non-hydrogen) atoms. The fourth-order valence-electron chi connectivity index (χ4n) is 1.21. The summed E-state index contributed by atoms with van der Waals surface area (Å²) in [6.07, 6.45) is 0. The molecule has 0 radical (unpaired) electrons. The summed E-state index contributed by atoms with van der Waals surface area (Å²) in [7, 11) is -4.07. The van der Waals surface area contributed by atoms with Gasteiger partial charge in [-0.3, -0.25) is 4.55 Å². The Bertz CT molecular complexity index is 433. The highest BCUT2D eigenvalue weighted by Crippen LogP contribution is 2.19. The van der Waals surface area contributed by atoms with E-state index in [0.29, 0.717) is 5.56 Å². The van der Waals surface area contributed by atoms with Gasteiger partial charge in [-0.05, 0) is 43.5 Å². The third kappa shape index (κ3) is 3.64. The van der Waals surface area contributed by atoms with Crippen LogP contribution in [0.25, 0.3) is 0 Å². The molecule has 1 aromatic carbocycles. The Morgan fingerprint density at radius 1 is 0.933 bits per heavy atom. The number of benzene rings is 1. The first-order valence-corrected chi connectivity index (χ1v) is 6.31. The van der Waals surface area contributed by atoms with E-state index in [1.54, 1.807) is 13.0 Å². The predicted octanol–water partition coefficient (Wildman–Crippen LogP) is 2.88. The molecule has 0 atom stereocenters. The minimum Gasteiger partial charge on any atom is -0.282 e. The average Bonchev–Trinajstić information content (AvgIpc) is 2.13. The fourth-order valence-corrected chi connectivity index (χ4v) is 2.00. The molecule has 3 nitrogen and oxygen atoms in total. The van der Waals surface area contributed by atoms with Gasteiger partial charge in [0.25, 0.3) is 10.1 Å². The third-order valence-electron chi connectivity index (χ3n) is 2.07.